The lowest BCUT2D eigenvalue weighted by atomic mass is 10.1. The molecule has 23 heavy (non-hydrogen) atoms. The molecule has 6 heteroatoms. The van der Waals surface area contributed by atoms with Gasteiger partial charge < -0.3 is 14.2 Å². The second-order valence-electron chi connectivity index (χ2n) is 5.51. The van der Waals surface area contributed by atoms with Crippen molar-refractivity contribution in [3.8, 4) is 5.75 Å². The third-order valence-electron chi connectivity index (χ3n) is 3.91. The largest absolute Gasteiger partial charge is 0.496 e. The molecule has 0 aliphatic heterocycles. The summed E-state index contributed by atoms with van der Waals surface area (Å²) in [7, 11) is 3.45. The highest BCUT2D eigenvalue weighted by molar-refractivity contribution is 5.76. The van der Waals surface area contributed by atoms with Crippen molar-refractivity contribution in [2.45, 2.75) is 39.2 Å². The number of aromatic nitrogens is 2. The number of rotatable bonds is 7. The number of nitrogens with zero attached hydrogens (tertiary/aromatic N) is 3. The molecular weight excluding hydrogens is 294 g/mol. The predicted molar refractivity (Wildman–Crippen MR) is 86.2 cm³/mol. The maximum absolute atomic E-state index is 12.4. The monoisotopic (exact) mass is 317 g/mol. The number of hydrogen-bond donors (Lipinski definition) is 0. The van der Waals surface area contributed by atoms with Gasteiger partial charge in [-0.25, -0.2) is 0 Å². The molecule has 1 atom stereocenters. The van der Waals surface area contributed by atoms with Crippen LogP contribution in [0.3, 0.4) is 0 Å². The second kappa shape index (κ2) is 7.76. The zero-order chi connectivity index (χ0) is 16.8. The number of carbonyl (C=O) groups is 1. The Morgan fingerprint density at radius 2 is 2.13 bits per heavy atom. The van der Waals surface area contributed by atoms with E-state index in [4.69, 9.17) is 9.26 Å². The SMILES string of the molecule is COc1ccccc1C(C)N(C)C(=O)CCCc1nc(C)no1. The molecule has 1 aromatic heterocycles. The lowest BCUT2D eigenvalue weighted by Gasteiger charge is -2.26. The minimum absolute atomic E-state index is 0.0516. The van der Waals surface area contributed by atoms with E-state index in [-0.39, 0.29) is 11.9 Å². The van der Waals surface area contributed by atoms with Gasteiger partial charge in [-0.1, -0.05) is 23.4 Å². The molecule has 0 aliphatic rings. The maximum atomic E-state index is 12.4. The molecule has 0 radical (unpaired) electrons. The van der Waals surface area contributed by atoms with Crippen LogP contribution in [0.2, 0.25) is 0 Å². The summed E-state index contributed by atoms with van der Waals surface area (Å²) in [6, 6.07) is 7.70. The van der Waals surface area contributed by atoms with Crippen molar-refractivity contribution in [2.24, 2.45) is 0 Å². The summed E-state index contributed by atoms with van der Waals surface area (Å²) in [5.41, 5.74) is 0.998. The Bertz CT molecular complexity index is 654. The van der Waals surface area contributed by atoms with Crippen LogP contribution in [-0.4, -0.2) is 35.1 Å². The molecule has 1 heterocycles. The molecule has 0 spiro atoms. The molecule has 0 saturated heterocycles. The number of aryl methyl sites for hydroxylation is 2. The van der Waals surface area contributed by atoms with Crippen LogP contribution in [-0.2, 0) is 11.2 Å². The summed E-state index contributed by atoms with van der Waals surface area (Å²) >= 11 is 0. The van der Waals surface area contributed by atoms with Gasteiger partial charge in [-0.15, -0.1) is 0 Å². The summed E-state index contributed by atoms with van der Waals surface area (Å²) in [5.74, 6) is 2.07. The maximum Gasteiger partial charge on any atom is 0.226 e. The summed E-state index contributed by atoms with van der Waals surface area (Å²) in [6.45, 7) is 3.78. The molecule has 0 saturated carbocycles. The van der Waals surface area contributed by atoms with E-state index in [0.717, 1.165) is 11.3 Å². The smallest absolute Gasteiger partial charge is 0.226 e. The third kappa shape index (κ3) is 4.31. The van der Waals surface area contributed by atoms with Crippen LogP contribution in [0.1, 0.15) is 43.1 Å². The van der Waals surface area contributed by atoms with E-state index in [0.29, 0.717) is 31.0 Å². The average molecular weight is 317 g/mol. The Labute approximate surface area is 136 Å². The van der Waals surface area contributed by atoms with Crippen molar-refractivity contribution in [3.63, 3.8) is 0 Å². The Morgan fingerprint density at radius 1 is 1.39 bits per heavy atom. The summed E-state index contributed by atoms with van der Waals surface area (Å²) in [5, 5.41) is 3.74. The van der Waals surface area contributed by atoms with Crippen molar-refractivity contribution in [2.75, 3.05) is 14.2 Å². The lowest BCUT2D eigenvalue weighted by molar-refractivity contribution is -0.131. The molecule has 2 aromatic rings. The van der Waals surface area contributed by atoms with Gasteiger partial charge in [0.15, 0.2) is 5.82 Å². The molecule has 6 nitrogen and oxygen atoms in total. The molecule has 124 valence electrons. The van der Waals surface area contributed by atoms with Crippen LogP contribution in [0.5, 0.6) is 5.75 Å². The number of ether oxygens (including phenoxy) is 1. The van der Waals surface area contributed by atoms with Gasteiger partial charge in [-0.3, -0.25) is 4.79 Å². The fourth-order valence-electron chi connectivity index (χ4n) is 2.44. The Balaban J connectivity index is 1.90. The summed E-state index contributed by atoms with van der Waals surface area (Å²) in [4.78, 5) is 18.3. The van der Waals surface area contributed by atoms with Crippen LogP contribution in [0.25, 0.3) is 0 Å². The molecule has 1 amide bonds. The Morgan fingerprint density at radius 3 is 2.78 bits per heavy atom. The van der Waals surface area contributed by atoms with Gasteiger partial charge in [0.25, 0.3) is 0 Å². The summed E-state index contributed by atoms with van der Waals surface area (Å²) < 4.78 is 10.4. The van der Waals surface area contributed by atoms with Crippen molar-refractivity contribution in [1.29, 1.82) is 0 Å². The quantitative estimate of drug-likeness (QED) is 0.785. The third-order valence-corrected chi connectivity index (χ3v) is 3.91. The van der Waals surface area contributed by atoms with Gasteiger partial charge in [0, 0.05) is 25.5 Å². The zero-order valence-electron chi connectivity index (χ0n) is 14.1. The standard InChI is InChI=1S/C17H23N3O3/c1-12(14-8-5-6-9-15(14)22-4)20(3)17(21)11-7-10-16-18-13(2)19-23-16/h5-6,8-9,12H,7,10-11H2,1-4H3. The zero-order valence-corrected chi connectivity index (χ0v) is 14.1. The highest BCUT2D eigenvalue weighted by atomic mass is 16.5. The summed E-state index contributed by atoms with van der Waals surface area (Å²) in [6.07, 6.45) is 1.74. The molecular formula is C17H23N3O3. The minimum atomic E-state index is -0.0516. The molecule has 0 N–H and O–H groups in total. The number of methoxy groups -OCH3 is 1. The fraction of sp³-hybridized carbons (Fsp3) is 0.471. The Kier molecular flexibility index (Phi) is 5.73. The van der Waals surface area contributed by atoms with Gasteiger partial charge >= 0.3 is 0 Å². The minimum Gasteiger partial charge on any atom is -0.496 e. The first kappa shape index (κ1) is 17.0. The van der Waals surface area contributed by atoms with Gasteiger partial charge in [0.1, 0.15) is 5.75 Å². The average Bonchev–Trinajstić information content (AvgIpc) is 2.98. The topological polar surface area (TPSA) is 68.5 Å². The number of carbonyl (C=O) groups excluding carboxylic acids is 1. The van der Waals surface area contributed by atoms with Crippen molar-refractivity contribution >= 4 is 5.91 Å². The predicted octanol–water partition coefficient (Wildman–Crippen LogP) is 2.93. The number of amides is 1. The van der Waals surface area contributed by atoms with Crippen LogP contribution in [0, 0.1) is 6.92 Å². The second-order valence-corrected chi connectivity index (χ2v) is 5.51. The molecule has 0 aliphatic carbocycles. The van der Waals surface area contributed by atoms with E-state index in [1.54, 1.807) is 18.9 Å². The van der Waals surface area contributed by atoms with E-state index < -0.39 is 0 Å². The first-order valence-corrected chi connectivity index (χ1v) is 7.70. The van der Waals surface area contributed by atoms with E-state index in [2.05, 4.69) is 10.1 Å². The van der Waals surface area contributed by atoms with Gasteiger partial charge in [0.2, 0.25) is 11.8 Å². The highest BCUT2D eigenvalue weighted by Crippen LogP contribution is 2.28. The van der Waals surface area contributed by atoms with Gasteiger partial charge in [-0.2, -0.15) is 4.98 Å². The lowest BCUT2D eigenvalue weighted by Crippen LogP contribution is -2.29. The van der Waals surface area contributed by atoms with Crippen LogP contribution < -0.4 is 4.74 Å². The molecule has 0 fully saturated rings. The fourth-order valence-corrected chi connectivity index (χ4v) is 2.44. The van der Waals surface area contributed by atoms with Crippen LogP contribution in [0.4, 0.5) is 0 Å². The molecule has 1 unspecified atom stereocenters. The van der Waals surface area contributed by atoms with Crippen molar-refractivity contribution < 1.29 is 14.1 Å². The highest BCUT2D eigenvalue weighted by Gasteiger charge is 2.20. The molecule has 0 bridgehead atoms. The number of para-hydroxylation sites is 1. The van der Waals surface area contributed by atoms with E-state index in [1.807, 2.05) is 38.2 Å². The number of benzene rings is 1. The first-order valence-electron chi connectivity index (χ1n) is 7.70. The van der Waals surface area contributed by atoms with Crippen LogP contribution >= 0.6 is 0 Å². The normalized spacial score (nSPS) is 12.0. The van der Waals surface area contributed by atoms with E-state index >= 15 is 0 Å². The number of hydrogen-bond acceptors (Lipinski definition) is 5. The van der Waals surface area contributed by atoms with E-state index in [9.17, 15) is 4.79 Å². The van der Waals surface area contributed by atoms with Crippen LogP contribution in [0.15, 0.2) is 28.8 Å². The van der Waals surface area contributed by atoms with Gasteiger partial charge in [0.05, 0.1) is 13.2 Å². The van der Waals surface area contributed by atoms with Gasteiger partial charge in [-0.05, 0) is 26.3 Å². The molecule has 2 rings (SSSR count). The first-order chi connectivity index (χ1) is 11.0. The van der Waals surface area contributed by atoms with Crippen molar-refractivity contribution in [1.82, 2.24) is 15.0 Å². The van der Waals surface area contributed by atoms with E-state index in [1.165, 1.54) is 0 Å². The van der Waals surface area contributed by atoms with Crippen molar-refractivity contribution in [3.05, 3.63) is 41.5 Å². The Hall–Kier alpha value is -2.37. The molecule has 1 aromatic carbocycles.